The standard InChI is InChI=1S/C8H10N6OS/c1-4-10-8(16-13-4)11-7(15)6-5(9)3-14(2)12-6/h3H,9H2,1-2H3,(H,10,11,13,15). The van der Waals surface area contributed by atoms with Crippen molar-refractivity contribution < 1.29 is 4.79 Å². The predicted octanol–water partition coefficient (Wildman–Crippen LogP) is 0.415. The predicted molar refractivity (Wildman–Crippen MR) is 60.2 cm³/mol. The molecule has 2 aromatic rings. The van der Waals surface area contributed by atoms with Crippen LogP contribution in [0, 0.1) is 6.92 Å². The highest BCUT2D eigenvalue weighted by Gasteiger charge is 2.15. The molecule has 0 radical (unpaired) electrons. The van der Waals surface area contributed by atoms with Gasteiger partial charge in [0.2, 0.25) is 5.13 Å². The molecule has 0 bridgehead atoms. The van der Waals surface area contributed by atoms with E-state index in [0.717, 1.165) is 11.5 Å². The number of nitrogen functional groups attached to an aromatic ring is 1. The van der Waals surface area contributed by atoms with Crippen LogP contribution in [0.3, 0.4) is 0 Å². The minimum atomic E-state index is -0.380. The lowest BCUT2D eigenvalue weighted by atomic mass is 10.3. The molecule has 0 saturated carbocycles. The normalized spacial score (nSPS) is 10.4. The largest absolute Gasteiger partial charge is 0.396 e. The lowest BCUT2D eigenvalue weighted by Gasteiger charge is -1.97. The number of hydrogen-bond donors (Lipinski definition) is 2. The Morgan fingerprint density at radius 3 is 2.88 bits per heavy atom. The van der Waals surface area contributed by atoms with Crippen molar-refractivity contribution in [2.75, 3.05) is 11.1 Å². The highest BCUT2D eigenvalue weighted by molar-refractivity contribution is 7.09. The van der Waals surface area contributed by atoms with Gasteiger partial charge in [0, 0.05) is 24.8 Å². The van der Waals surface area contributed by atoms with Gasteiger partial charge in [-0.1, -0.05) is 0 Å². The van der Waals surface area contributed by atoms with Crippen molar-refractivity contribution in [2.24, 2.45) is 7.05 Å². The number of aryl methyl sites for hydroxylation is 2. The third-order valence-electron chi connectivity index (χ3n) is 1.82. The van der Waals surface area contributed by atoms with Crippen LogP contribution >= 0.6 is 11.5 Å². The van der Waals surface area contributed by atoms with E-state index in [9.17, 15) is 4.79 Å². The fraction of sp³-hybridized carbons (Fsp3) is 0.250. The van der Waals surface area contributed by atoms with Gasteiger partial charge >= 0.3 is 0 Å². The Labute approximate surface area is 95.5 Å². The van der Waals surface area contributed by atoms with Crippen molar-refractivity contribution in [1.29, 1.82) is 0 Å². The minimum Gasteiger partial charge on any atom is -0.396 e. The molecule has 0 aliphatic rings. The molecule has 0 saturated heterocycles. The number of nitrogens with two attached hydrogens (primary N) is 1. The van der Waals surface area contributed by atoms with Gasteiger partial charge in [-0.15, -0.1) is 0 Å². The molecule has 2 heterocycles. The third-order valence-corrected chi connectivity index (χ3v) is 2.54. The number of nitrogens with one attached hydrogen (secondary N) is 1. The second-order valence-corrected chi connectivity index (χ2v) is 3.96. The Balaban J connectivity index is 2.17. The van der Waals surface area contributed by atoms with E-state index in [1.807, 2.05) is 0 Å². The van der Waals surface area contributed by atoms with Crippen LogP contribution in [0.25, 0.3) is 0 Å². The lowest BCUT2D eigenvalue weighted by molar-refractivity contribution is 0.102. The summed E-state index contributed by atoms with van der Waals surface area (Å²) in [5, 5.41) is 6.97. The zero-order valence-corrected chi connectivity index (χ0v) is 9.58. The topological polar surface area (TPSA) is 98.7 Å². The summed E-state index contributed by atoms with van der Waals surface area (Å²) in [5.74, 6) is 0.239. The molecule has 7 nitrogen and oxygen atoms in total. The summed E-state index contributed by atoms with van der Waals surface area (Å²) >= 11 is 1.12. The third kappa shape index (κ3) is 2.01. The second kappa shape index (κ2) is 3.89. The molecule has 2 aromatic heterocycles. The van der Waals surface area contributed by atoms with E-state index in [1.54, 1.807) is 20.2 Å². The molecule has 0 aliphatic carbocycles. The van der Waals surface area contributed by atoms with E-state index < -0.39 is 0 Å². The molecule has 0 fully saturated rings. The van der Waals surface area contributed by atoms with E-state index in [4.69, 9.17) is 5.73 Å². The van der Waals surface area contributed by atoms with Crippen LogP contribution in [0.1, 0.15) is 16.3 Å². The van der Waals surface area contributed by atoms with Crippen molar-refractivity contribution in [3.8, 4) is 0 Å². The maximum Gasteiger partial charge on any atom is 0.280 e. The number of nitrogens with zero attached hydrogens (tertiary/aromatic N) is 4. The Bertz CT molecular complexity index is 530. The highest BCUT2D eigenvalue weighted by Crippen LogP contribution is 2.14. The van der Waals surface area contributed by atoms with Crippen LogP contribution < -0.4 is 11.1 Å². The number of amides is 1. The average molecular weight is 238 g/mol. The summed E-state index contributed by atoms with van der Waals surface area (Å²) in [7, 11) is 1.70. The van der Waals surface area contributed by atoms with Crippen molar-refractivity contribution in [2.45, 2.75) is 6.92 Å². The van der Waals surface area contributed by atoms with Gasteiger partial charge in [-0.3, -0.25) is 14.8 Å². The molecule has 3 N–H and O–H groups in total. The van der Waals surface area contributed by atoms with Gasteiger partial charge in [-0.2, -0.15) is 9.47 Å². The smallest absolute Gasteiger partial charge is 0.280 e. The Hall–Kier alpha value is -1.96. The molecular formula is C8H10N6OS. The number of anilines is 2. The molecule has 8 heteroatoms. The fourth-order valence-corrected chi connectivity index (χ4v) is 1.76. The quantitative estimate of drug-likeness (QED) is 0.789. The van der Waals surface area contributed by atoms with Gasteiger partial charge in [-0.05, 0) is 6.92 Å². The highest BCUT2D eigenvalue weighted by atomic mass is 32.1. The van der Waals surface area contributed by atoms with E-state index in [-0.39, 0.29) is 11.6 Å². The number of hydrogen-bond acceptors (Lipinski definition) is 6. The van der Waals surface area contributed by atoms with Crippen LogP contribution in [-0.2, 0) is 7.05 Å². The summed E-state index contributed by atoms with van der Waals surface area (Å²) in [4.78, 5) is 15.7. The van der Waals surface area contributed by atoms with Crippen LogP contribution in [0.4, 0.5) is 10.8 Å². The number of carbonyl (C=O) groups excluding carboxylic acids is 1. The Morgan fingerprint density at radius 2 is 2.38 bits per heavy atom. The van der Waals surface area contributed by atoms with Crippen LogP contribution in [0.2, 0.25) is 0 Å². The van der Waals surface area contributed by atoms with Gasteiger partial charge in [-0.25, -0.2) is 4.98 Å². The number of aromatic nitrogens is 4. The van der Waals surface area contributed by atoms with Crippen molar-refractivity contribution >= 4 is 28.3 Å². The van der Waals surface area contributed by atoms with Crippen LogP contribution in [-0.4, -0.2) is 25.0 Å². The summed E-state index contributed by atoms with van der Waals surface area (Å²) in [6, 6.07) is 0. The van der Waals surface area contributed by atoms with E-state index in [0.29, 0.717) is 16.6 Å². The molecular weight excluding hydrogens is 228 g/mol. The molecule has 16 heavy (non-hydrogen) atoms. The van der Waals surface area contributed by atoms with Crippen molar-refractivity contribution in [1.82, 2.24) is 19.1 Å². The summed E-state index contributed by atoms with van der Waals surface area (Å²) < 4.78 is 5.43. The SMILES string of the molecule is Cc1nsc(NC(=O)c2nn(C)cc2N)n1. The number of carbonyl (C=O) groups is 1. The Morgan fingerprint density at radius 1 is 1.62 bits per heavy atom. The minimum absolute atomic E-state index is 0.190. The maximum absolute atomic E-state index is 11.7. The first-order valence-corrected chi connectivity index (χ1v) is 5.24. The molecule has 0 atom stereocenters. The summed E-state index contributed by atoms with van der Waals surface area (Å²) in [5.41, 5.74) is 6.15. The number of rotatable bonds is 2. The lowest BCUT2D eigenvalue weighted by Crippen LogP contribution is -2.14. The molecule has 84 valence electrons. The molecule has 0 aromatic carbocycles. The zero-order chi connectivity index (χ0) is 11.7. The molecule has 2 rings (SSSR count). The van der Waals surface area contributed by atoms with Crippen LogP contribution in [0.15, 0.2) is 6.20 Å². The first-order chi connectivity index (χ1) is 7.56. The first kappa shape index (κ1) is 10.6. The first-order valence-electron chi connectivity index (χ1n) is 4.47. The van der Waals surface area contributed by atoms with Crippen LogP contribution in [0.5, 0.6) is 0 Å². The van der Waals surface area contributed by atoms with E-state index in [2.05, 4.69) is 19.8 Å². The van der Waals surface area contributed by atoms with Gasteiger partial charge in [0.1, 0.15) is 5.82 Å². The van der Waals surface area contributed by atoms with Gasteiger partial charge in [0.05, 0.1) is 5.69 Å². The van der Waals surface area contributed by atoms with Crippen molar-refractivity contribution in [3.05, 3.63) is 17.7 Å². The van der Waals surface area contributed by atoms with Gasteiger partial charge in [0.25, 0.3) is 5.91 Å². The maximum atomic E-state index is 11.7. The van der Waals surface area contributed by atoms with Gasteiger partial charge < -0.3 is 5.73 Å². The fourth-order valence-electron chi connectivity index (χ4n) is 1.19. The average Bonchev–Trinajstić information content (AvgIpc) is 2.73. The second-order valence-electron chi connectivity index (χ2n) is 3.21. The monoisotopic (exact) mass is 238 g/mol. The molecule has 1 amide bonds. The van der Waals surface area contributed by atoms with Gasteiger partial charge in [0.15, 0.2) is 5.69 Å². The summed E-state index contributed by atoms with van der Waals surface area (Å²) in [6.07, 6.45) is 1.57. The van der Waals surface area contributed by atoms with E-state index in [1.165, 1.54) is 4.68 Å². The van der Waals surface area contributed by atoms with Crippen molar-refractivity contribution in [3.63, 3.8) is 0 Å². The molecule has 0 spiro atoms. The molecule has 0 unspecified atom stereocenters. The zero-order valence-electron chi connectivity index (χ0n) is 8.76. The summed E-state index contributed by atoms with van der Waals surface area (Å²) in [6.45, 7) is 1.75. The van der Waals surface area contributed by atoms with E-state index >= 15 is 0 Å². The molecule has 0 aliphatic heterocycles. The Kier molecular flexibility index (Phi) is 2.57.